The molecule has 0 bridgehead atoms. The minimum absolute atomic E-state index is 0.0824. The van der Waals surface area contributed by atoms with Crippen molar-refractivity contribution in [3.63, 3.8) is 0 Å². The first kappa shape index (κ1) is 21.5. The number of hydrogen-bond acceptors (Lipinski definition) is 6. The first-order valence-corrected chi connectivity index (χ1v) is 11.4. The van der Waals surface area contributed by atoms with Gasteiger partial charge in [0.05, 0.1) is 18.3 Å². The lowest BCUT2D eigenvalue weighted by molar-refractivity contribution is -0.133. The van der Waals surface area contributed by atoms with E-state index in [1.54, 1.807) is 11.0 Å². The standard InChI is InChI=1S/C25H29N5O3/c1-18(19-5-8-21(9-6-19)30-17-26-16-27-30)28(2)15-25(31)29-11-3-4-22(29)20-7-10-23-24(14-20)33-13-12-32-23/h5-10,14,16-18,22H,3-4,11-13,15H2,1-2H3/t18-,22-/m1/s1. The highest BCUT2D eigenvalue weighted by Crippen LogP contribution is 2.38. The maximum atomic E-state index is 13.3. The zero-order valence-electron chi connectivity index (χ0n) is 19.1. The highest BCUT2D eigenvalue weighted by molar-refractivity contribution is 5.79. The second kappa shape index (κ2) is 9.23. The Labute approximate surface area is 193 Å². The van der Waals surface area contributed by atoms with E-state index in [9.17, 15) is 4.79 Å². The summed E-state index contributed by atoms with van der Waals surface area (Å²) in [6, 6.07) is 14.5. The maximum Gasteiger partial charge on any atom is 0.237 e. The molecule has 8 nitrogen and oxygen atoms in total. The van der Waals surface area contributed by atoms with E-state index in [4.69, 9.17) is 9.47 Å². The number of carbonyl (C=O) groups is 1. The molecule has 1 saturated heterocycles. The zero-order chi connectivity index (χ0) is 22.8. The summed E-state index contributed by atoms with van der Waals surface area (Å²) in [6.07, 6.45) is 5.17. The molecule has 1 amide bonds. The molecule has 0 aliphatic carbocycles. The molecule has 2 aromatic carbocycles. The van der Waals surface area contributed by atoms with Crippen LogP contribution in [0.1, 0.15) is 43.0 Å². The van der Waals surface area contributed by atoms with Crippen molar-refractivity contribution >= 4 is 5.91 Å². The van der Waals surface area contributed by atoms with Crippen molar-refractivity contribution in [3.05, 3.63) is 66.2 Å². The molecular weight excluding hydrogens is 418 g/mol. The molecule has 8 heteroatoms. The van der Waals surface area contributed by atoms with Crippen LogP contribution in [0.3, 0.4) is 0 Å². The lowest BCUT2D eigenvalue weighted by Crippen LogP contribution is -2.39. The predicted octanol–water partition coefficient (Wildman–Crippen LogP) is 3.40. The number of amides is 1. The second-order valence-electron chi connectivity index (χ2n) is 8.67. The van der Waals surface area contributed by atoms with Gasteiger partial charge in [-0.15, -0.1) is 0 Å². The van der Waals surface area contributed by atoms with Crippen LogP contribution < -0.4 is 9.47 Å². The van der Waals surface area contributed by atoms with Crippen LogP contribution in [0.4, 0.5) is 0 Å². The highest BCUT2D eigenvalue weighted by Gasteiger charge is 2.31. The van der Waals surface area contributed by atoms with E-state index in [0.717, 1.165) is 47.7 Å². The first-order chi connectivity index (χ1) is 16.1. The smallest absolute Gasteiger partial charge is 0.237 e. The number of ether oxygens (including phenoxy) is 2. The van der Waals surface area contributed by atoms with Gasteiger partial charge in [0.25, 0.3) is 0 Å². The molecule has 5 rings (SSSR count). The summed E-state index contributed by atoms with van der Waals surface area (Å²) >= 11 is 0. The molecule has 0 unspecified atom stereocenters. The van der Waals surface area contributed by atoms with Crippen molar-refractivity contribution in [2.24, 2.45) is 0 Å². The number of carbonyl (C=O) groups excluding carboxylic acids is 1. The molecule has 0 N–H and O–H groups in total. The summed E-state index contributed by atoms with van der Waals surface area (Å²) in [6.45, 7) is 4.42. The van der Waals surface area contributed by atoms with E-state index in [0.29, 0.717) is 19.8 Å². The lowest BCUT2D eigenvalue weighted by Gasteiger charge is -2.30. The number of rotatable bonds is 6. The number of likely N-dealkylation sites (N-methyl/N-ethyl adjacent to an activating group) is 1. The molecule has 0 spiro atoms. The molecule has 1 fully saturated rings. The molecule has 0 radical (unpaired) electrons. The largest absolute Gasteiger partial charge is 0.486 e. The average molecular weight is 448 g/mol. The molecule has 2 aliphatic heterocycles. The van der Waals surface area contributed by atoms with Crippen LogP contribution in [0.5, 0.6) is 11.5 Å². The van der Waals surface area contributed by atoms with Crippen molar-refractivity contribution in [1.29, 1.82) is 0 Å². The average Bonchev–Trinajstić information content (AvgIpc) is 3.56. The summed E-state index contributed by atoms with van der Waals surface area (Å²) < 4.78 is 13.1. The third-order valence-corrected chi connectivity index (χ3v) is 6.63. The third kappa shape index (κ3) is 4.43. The monoisotopic (exact) mass is 447 g/mol. The maximum absolute atomic E-state index is 13.3. The minimum atomic E-state index is 0.0824. The minimum Gasteiger partial charge on any atom is -0.486 e. The fourth-order valence-electron chi connectivity index (χ4n) is 4.62. The highest BCUT2D eigenvalue weighted by atomic mass is 16.6. The van der Waals surface area contributed by atoms with Gasteiger partial charge in [-0.25, -0.2) is 9.67 Å². The van der Waals surface area contributed by atoms with E-state index in [2.05, 4.69) is 40.1 Å². The first-order valence-electron chi connectivity index (χ1n) is 11.4. The summed E-state index contributed by atoms with van der Waals surface area (Å²) in [5, 5.41) is 4.17. The molecule has 2 aliphatic rings. The van der Waals surface area contributed by atoms with Crippen LogP contribution in [-0.2, 0) is 4.79 Å². The van der Waals surface area contributed by atoms with Crippen LogP contribution in [0, 0.1) is 0 Å². The van der Waals surface area contributed by atoms with Crippen molar-refractivity contribution in [2.45, 2.75) is 31.8 Å². The molecular formula is C25H29N5O3. The quantitative estimate of drug-likeness (QED) is 0.577. The normalized spacial score (nSPS) is 18.5. The van der Waals surface area contributed by atoms with Crippen molar-refractivity contribution in [3.8, 4) is 17.2 Å². The van der Waals surface area contributed by atoms with Crippen molar-refractivity contribution in [1.82, 2.24) is 24.6 Å². The van der Waals surface area contributed by atoms with Gasteiger partial charge < -0.3 is 14.4 Å². The fourth-order valence-corrected chi connectivity index (χ4v) is 4.62. The predicted molar refractivity (Wildman–Crippen MR) is 124 cm³/mol. The Kier molecular flexibility index (Phi) is 6.00. The van der Waals surface area contributed by atoms with Crippen LogP contribution >= 0.6 is 0 Å². The number of hydrogen-bond donors (Lipinski definition) is 0. The van der Waals surface area contributed by atoms with Gasteiger partial charge in [0, 0.05) is 12.6 Å². The van der Waals surface area contributed by atoms with E-state index in [1.807, 2.05) is 36.2 Å². The fraction of sp³-hybridized carbons (Fsp3) is 0.400. The van der Waals surface area contributed by atoms with Gasteiger partial charge in [0.15, 0.2) is 11.5 Å². The molecule has 0 saturated carbocycles. The zero-order valence-corrected chi connectivity index (χ0v) is 19.1. The molecule has 3 aromatic rings. The lowest BCUT2D eigenvalue weighted by atomic mass is 10.0. The Morgan fingerprint density at radius 2 is 1.94 bits per heavy atom. The summed E-state index contributed by atoms with van der Waals surface area (Å²) in [7, 11) is 2.00. The molecule has 33 heavy (non-hydrogen) atoms. The van der Waals surface area contributed by atoms with Gasteiger partial charge in [0.2, 0.25) is 5.91 Å². The van der Waals surface area contributed by atoms with Gasteiger partial charge in [-0.1, -0.05) is 18.2 Å². The number of fused-ring (bicyclic) bond motifs is 1. The summed E-state index contributed by atoms with van der Waals surface area (Å²) in [5.41, 5.74) is 3.23. The van der Waals surface area contributed by atoms with E-state index < -0.39 is 0 Å². The Bertz CT molecular complexity index is 1100. The van der Waals surface area contributed by atoms with Crippen molar-refractivity contribution < 1.29 is 14.3 Å². The Morgan fingerprint density at radius 3 is 2.70 bits per heavy atom. The van der Waals surface area contributed by atoms with E-state index in [-0.39, 0.29) is 18.0 Å². The Hall–Kier alpha value is -3.39. The number of likely N-dealkylation sites (tertiary alicyclic amines) is 1. The Morgan fingerprint density at radius 1 is 1.15 bits per heavy atom. The summed E-state index contributed by atoms with van der Waals surface area (Å²) in [4.78, 5) is 21.4. The third-order valence-electron chi connectivity index (χ3n) is 6.63. The van der Waals surface area contributed by atoms with Crippen LogP contribution in [-0.4, -0.2) is 63.8 Å². The second-order valence-corrected chi connectivity index (χ2v) is 8.67. The van der Waals surface area contributed by atoms with Gasteiger partial charge >= 0.3 is 0 Å². The summed E-state index contributed by atoms with van der Waals surface area (Å²) in [5.74, 6) is 1.71. The van der Waals surface area contributed by atoms with Crippen LogP contribution in [0.2, 0.25) is 0 Å². The molecule has 172 valence electrons. The van der Waals surface area contributed by atoms with E-state index >= 15 is 0 Å². The van der Waals surface area contributed by atoms with Crippen LogP contribution in [0.15, 0.2) is 55.1 Å². The number of aromatic nitrogens is 3. The van der Waals surface area contributed by atoms with E-state index in [1.165, 1.54) is 6.33 Å². The number of nitrogens with zero attached hydrogens (tertiary/aromatic N) is 5. The molecule has 1 aromatic heterocycles. The Balaban J connectivity index is 1.24. The number of benzene rings is 2. The van der Waals surface area contributed by atoms with Crippen LogP contribution in [0.25, 0.3) is 5.69 Å². The van der Waals surface area contributed by atoms with Crippen molar-refractivity contribution in [2.75, 3.05) is 33.4 Å². The van der Waals surface area contributed by atoms with Gasteiger partial charge in [0.1, 0.15) is 25.9 Å². The van der Waals surface area contributed by atoms with Gasteiger partial charge in [-0.05, 0) is 62.2 Å². The molecule has 3 heterocycles. The topological polar surface area (TPSA) is 72.7 Å². The van der Waals surface area contributed by atoms with Gasteiger partial charge in [-0.2, -0.15) is 5.10 Å². The SMILES string of the molecule is C[C@H](c1ccc(-n2cncn2)cc1)N(C)CC(=O)N1CCC[C@@H]1c1ccc2c(c1)OCCO2. The van der Waals surface area contributed by atoms with Gasteiger partial charge in [-0.3, -0.25) is 9.69 Å². The molecule has 2 atom stereocenters.